The molecule has 0 aliphatic carbocycles. The number of hydrogen-bond donors (Lipinski definition) is 0. The van der Waals surface area contributed by atoms with Gasteiger partial charge in [0, 0.05) is 12.8 Å². The van der Waals surface area contributed by atoms with E-state index in [1.54, 1.807) is 6.92 Å². The second-order valence-electron chi connectivity index (χ2n) is 3.07. The van der Waals surface area contributed by atoms with Crippen molar-refractivity contribution in [3.05, 3.63) is 23.7 Å². The van der Waals surface area contributed by atoms with E-state index in [4.69, 9.17) is 4.42 Å². The van der Waals surface area contributed by atoms with Crippen LogP contribution >= 0.6 is 0 Å². The summed E-state index contributed by atoms with van der Waals surface area (Å²) in [7, 11) is 0. The van der Waals surface area contributed by atoms with Gasteiger partial charge in [0.25, 0.3) is 0 Å². The van der Waals surface area contributed by atoms with Crippen LogP contribution in [-0.2, 0) is 11.2 Å². The Hall–Kier alpha value is -1.05. The summed E-state index contributed by atoms with van der Waals surface area (Å²) in [6.07, 6.45) is 2.41. The average Bonchev–Trinajstić information content (AvgIpc) is 2.35. The maximum Gasteiger partial charge on any atom is 0.129 e. The molecule has 0 fully saturated rings. The lowest BCUT2D eigenvalue weighted by atomic mass is 10.1. The van der Waals surface area contributed by atoms with Gasteiger partial charge in [0.1, 0.15) is 17.3 Å². The minimum atomic E-state index is 0.248. The van der Waals surface area contributed by atoms with E-state index >= 15 is 0 Å². The number of hydrogen-bond acceptors (Lipinski definition) is 2. The van der Waals surface area contributed by atoms with E-state index in [1.807, 2.05) is 19.1 Å². The zero-order chi connectivity index (χ0) is 8.97. The number of ketones is 1. The van der Waals surface area contributed by atoms with Crippen LogP contribution in [0.1, 0.15) is 31.3 Å². The molecule has 1 aromatic heterocycles. The van der Waals surface area contributed by atoms with Gasteiger partial charge in [0.05, 0.1) is 0 Å². The maximum atomic E-state index is 10.6. The highest BCUT2D eigenvalue weighted by molar-refractivity contribution is 5.75. The van der Waals surface area contributed by atoms with Crippen LogP contribution in [0.2, 0.25) is 0 Å². The molecular formula is C10H14O2. The Morgan fingerprint density at radius 3 is 2.75 bits per heavy atom. The third kappa shape index (κ3) is 2.91. The number of carbonyl (C=O) groups excluding carboxylic acids is 1. The fourth-order valence-corrected chi connectivity index (χ4v) is 1.13. The molecule has 0 N–H and O–H groups in total. The average molecular weight is 166 g/mol. The van der Waals surface area contributed by atoms with Crippen molar-refractivity contribution in [1.29, 1.82) is 0 Å². The van der Waals surface area contributed by atoms with Crippen LogP contribution < -0.4 is 0 Å². The Morgan fingerprint density at radius 1 is 1.50 bits per heavy atom. The topological polar surface area (TPSA) is 30.2 Å². The fraction of sp³-hybridized carbons (Fsp3) is 0.500. The summed E-state index contributed by atoms with van der Waals surface area (Å²) in [5, 5.41) is 0. The molecule has 0 radical (unpaired) electrons. The normalized spacial score (nSPS) is 10.2. The Kier molecular flexibility index (Phi) is 3.09. The summed E-state index contributed by atoms with van der Waals surface area (Å²) in [6, 6.07) is 3.92. The summed E-state index contributed by atoms with van der Waals surface area (Å²) in [5.41, 5.74) is 0. The molecule has 0 unspecified atom stereocenters. The molecule has 0 aliphatic rings. The zero-order valence-corrected chi connectivity index (χ0v) is 7.59. The molecule has 1 heterocycles. The highest BCUT2D eigenvalue weighted by Crippen LogP contribution is 2.09. The first-order chi connectivity index (χ1) is 5.68. The maximum absolute atomic E-state index is 10.6. The van der Waals surface area contributed by atoms with Crippen LogP contribution in [0.15, 0.2) is 16.5 Å². The van der Waals surface area contributed by atoms with E-state index in [0.29, 0.717) is 6.42 Å². The van der Waals surface area contributed by atoms with Crippen LogP contribution in [0, 0.1) is 6.92 Å². The molecule has 0 saturated heterocycles. The highest BCUT2D eigenvalue weighted by Gasteiger charge is 1.99. The first-order valence-corrected chi connectivity index (χ1v) is 4.23. The van der Waals surface area contributed by atoms with Gasteiger partial charge in [-0.25, -0.2) is 0 Å². The molecular weight excluding hydrogens is 152 g/mol. The monoisotopic (exact) mass is 166 g/mol. The number of rotatable bonds is 4. The molecule has 0 bridgehead atoms. The molecule has 1 rings (SSSR count). The molecule has 12 heavy (non-hydrogen) atoms. The lowest BCUT2D eigenvalue weighted by molar-refractivity contribution is -0.117. The van der Waals surface area contributed by atoms with Gasteiger partial charge >= 0.3 is 0 Å². The Bertz CT molecular complexity index is 261. The van der Waals surface area contributed by atoms with Crippen molar-refractivity contribution in [2.45, 2.75) is 33.1 Å². The first-order valence-electron chi connectivity index (χ1n) is 4.23. The Labute approximate surface area is 72.6 Å². The molecule has 0 amide bonds. The van der Waals surface area contributed by atoms with E-state index in [9.17, 15) is 4.79 Å². The van der Waals surface area contributed by atoms with Gasteiger partial charge in [0.2, 0.25) is 0 Å². The smallest absolute Gasteiger partial charge is 0.129 e. The van der Waals surface area contributed by atoms with Crippen molar-refractivity contribution in [3.8, 4) is 0 Å². The van der Waals surface area contributed by atoms with Crippen molar-refractivity contribution in [1.82, 2.24) is 0 Å². The van der Waals surface area contributed by atoms with Crippen molar-refractivity contribution in [2.24, 2.45) is 0 Å². The third-order valence-electron chi connectivity index (χ3n) is 1.75. The minimum Gasteiger partial charge on any atom is -0.466 e. The number of Topliss-reactive ketones (excluding diaryl/α,β-unsaturated/α-hetero) is 1. The molecule has 66 valence electrons. The predicted octanol–water partition coefficient (Wildman–Crippen LogP) is 2.50. The second kappa shape index (κ2) is 4.10. The van der Waals surface area contributed by atoms with Crippen molar-refractivity contribution >= 4 is 5.78 Å². The van der Waals surface area contributed by atoms with Gasteiger partial charge in [-0.05, 0) is 32.4 Å². The molecule has 0 atom stereocenters. The number of carbonyl (C=O) groups is 1. The second-order valence-corrected chi connectivity index (χ2v) is 3.07. The molecule has 0 spiro atoms. The minimum absolute atomic E-state index is 0.248. The standard InChI is InChI=1S/C10H14O2/c1-8(11)4-3-5-10-7-6-9(2)12-10/h6-7H,3-5H2,1-2H3. The zero-order valence-electron chi connectivity index (χ0n) is 7.59. The molecule has 1 aromatic rings. The van der Waals surface area contributed by atoms with Crippen LogP contribution in [0.25, 0.3) is 0 Å². The summed E-state index contributed by atoms with van der Waals surface area (Å²) >= 11 is 0. The third-order valence-corrected chi connectivity index (χ3v) is 1.75. The van der Waals surface area contributed by atoms with Crippen molar-refractivity contribution in [3.63, 3.8) is 0 Å². The van der Waals surface area contributed by atoms with E-state index < -0.39 is 0 Å². The Morgan fingerprint density at radius 2 is 2.25 bits per heavy atom. The fourth-order valence-electron chi connectivity index (χ4n) is 1.13. The molecule has 0 aliphatic heterocycles. The van der Waals surface area contributed by atoms with Gasteiger partial charge in [-0.15, -0.1) is 0 Å². The van der Waals surface area contributed by atoms with Gasteiger partial charge in [-0.1, -0.05) is 0 Å². The highest BCUT2D eigenvalue weighted by atomic mass is 16.3. The molecule has 0 aromatic carbocycles. The van der Waals surface area contributed by atoms with Crippen LogP contribution in [-0.4, -0.2) is 5.78 Å². The summed E-state index contributed by atoms with van der Waals surface area (Å²) in [5.74, 6) is 2.17. The summed E-state index contributed by atoms with van der Waals surface area (Å²) < 4.78 is 5.35. The lowest BCUT2D eigenvalue weighted by Crippen LogP contribution is -1.91. The quantitative estimate of drug-likeness (QED) is 0.688. The number of furan rings is 1. The van der Waals surface area contributed by atoms with Gasteiger partial charge in [-0.3, -0.25) is 0 Å². The van der Waals surface area contributed by atoms with Crippen LogP contribution in [0.4, 0.5) is 0 Å². The Balaban J connectivity index is 2.29. The van der Waals surface area contributed by atoms with E-state index in [0.717, 1.165) is 24.4 Å². The van der Waals surface area contributed by atoms with Gasteiger partial charge in [0.15, 0.2) is 0 Å². The largest absolute Gasteiger partial charge is 0.466 e. The summed E-state index contributed by atoms with van der Waals surface area (Å²) in [6.45, 7) is 3.54. The van der Waals surface area contributed by atoms with Crippen LogP contribution in [0.3, 0.4) is 0 Å². The summed E-state index contributed by atoms with van der Waals surface area (Å²) in [4.78, 5) is 10.6. The van der Waals surface area contributed by atoms with Gasteiger partial charge in [-0.2, -0.15) is 0 Å². The van der Waals surface area contributed by atoms with Crippen molar-refractivity contribution in [2.75, 3.05) is 0 Å². The van der Waals surface area contributed by atoms with Crippen molar-refractivity contribution < 1.29 is 9.21 Å². The first kappa shape index (κ1) is 9.04. The molecule has 2 nitrogen and oxygen atoms in total. The van der Waals surface area contributed by atoms with Gasteiger partial charge < -0.3 is 9.21 Å². The SMILES string of the molecule is CC(=O)CCCc1ccc(C)o1. The van der Waals surface area contributed by atoms with E-state index in [-0.39, 0.29) is 5.78 Å². The number of aryl methyl sites for hydroxylation is 2. The van der Waals surface area contributed by atoms with E-state index in [2.05, 4.69) is 0 Å². The lowest BCUT2D eigenvalue weighted by Gasteiger charge is -1.93. The predicted molar refractivity (Wildman–Crippen MR) is 47.1 cm³/mol. The molecule has 2 heteroatoms. The molecule has 0 saturated carbocycles. The van der Waals surface area contributed by atoms with Crippen LogP contribution in [0.5, 0.6) is 0 Å². The van der Waals surface area contributed by atoms with E-state index in [1.165, 1.54) is 0 Å².